The number of hydrogen-bond donors (Lipinski definition) is 2. The molecule has 0 saturated heterocycles. The first-order valence-corrected chi connectivity index (χ1v) is 8.67. The van der Waals surface area contributed by atoms with Crippen LogP contribution in [0, 0.1) is 0 Å². The van der Waals surface area contributed by atoms with E-state index in [1.165, 1.54) is 6.07 Å². The number of alkyl halides is 2. The minimum Gasteiger partial charge on any atom is -0.493 e. The lowest BCUT2D eigenvalue weighted by Crippen LogP contribution is -2.36. The number of benzene rings is 1. The van der Waals surface area contributed by atoms with Crippen molar-refractivity contribution in [3.63, 3.8) is 0 Å². The Morgan fingerprint density at radius 2 is 1.96 bits per heavy atom. The first-order valence-electron chi connectivity index (χ1n) is 8.67. The van der Waals surface area contributed by atoms with Crippen LogP contribution in [0.15, 0.2) is 47.6 Å². The standard InChI is InChI=1S/C19H24F2N4O2.HI/c1-3-10-26-16-8-7-14(17(11-16)27-18(20)21)12-24-19(22-2)25-13-15-6-4-5-9-23-15;/h4-9,11,18H,3,10,12-13H2,1-2H3,(H2,22,24,25);1H. The summed E-state index contributed by atoms with van der Waals surface area (Å²) < 4.78 is 35.6. The average Bonchev–Trinajstić information content (AvgIpc) is 2.68. The van der Waals surface area contributed by atoms with Gasteiger partial charge in [0.05, 0.1) is 18.8 Å². The molecule has 0 saturated carbocycles. The molecule has 0 aliphatic heterocycles. The zero-order valence-electron chi connectivity index (χ0n) is 15.8. The minimum absolute atomic E-state index is 0. The summed E-state index contributed by atoms with van der Waals surface area (Å²) in [4.78, 5) is 8.34. The zero-order valence-corrected chi connectivity index (χ0v) is 18.2. The van der Waals surface area contributed by atoms with Gasteiger partial charge in [-0.1, -0.05) is 13.0 Å². The second-order valence-electron chi connectivity index (χ2n) is 5.60. The van der Waals surface area contributed by atoms with Gasteiger partial charge in [-0.15, -0.1) is 24.0 Å². The molecule has 2 N–H and O–H groups in total. The van der Waals surface area contributed by atoms with Gasteiger partial charge in [-0.3, -0.25) is 9.98 Å². The molecule has 0 aliphatic carbocycles. The molecule has 1 heterocycles. The van der Waals surface area contributed by atoms with Crippen LogP contribution in [-0.2, 0) is 13.1 Å². The van der Waals surface area contributed by atoms with E-state index in [9.17, 15) is 8.78 Å². The summed E-state index contributed by atoms with van der Waals surface area (Å²) >= 11 is 0. The van der Waals surface area contributed by atoms with E-state index in [0.717, 1.165) is 12.1 Å². The van der Waals surface area contributed by atoms with Crippen LogP contribution in [0.4, 0.5) is 8.78 Å². The summed E-state index contributed by atoms with van der Waals surface area (Å²) in [7, 11) is 1.63. The van der Waals surface area contributed by atoms with E-state index in [-0.39, 0.29) is 36.3 Å². The fourth-order valence-electron chi connectivity index (χ4n) is 2.27. The highest BCUT2D eigenvalue weighted by Gasteiger charge is 2.12. The smallest absolute Gasteiger partial charge is 0.387 e. The monoisotopic (exact) mass is 506 g/mol. The maximum Gasteiger partial charge on any atom is 0.387 e. The molecule has 1 aromatic carbocycles. The van der Waals surface area contributed by atoms with Crippen molar-refractivity contribution in [2.75, 3.05) is 13.7 Å². The Morgan fingerprint density at radius 1 is 1.18 bits per heavy atom. The van der Waals surface area contributed by atoms with Crippen LogP contribution >= 0.6 is 24.0 Å². The van der Waals surface area contributed by atoms with Gasteiger partial charge < -0.3 is 20.1 Å². The van der Waals surface area contributed by atoms with Gasteiger partial charge in [-0.05, 0) is 30.7 Å². The summed E-state index contributed by atoms with van der Waals surface area (Å²) in [6, 6.07) is 10.5. The summed E-state index contributed by atoms with van der Waals surface area (Å²) in [5.41, 5.74) is 1.43. The molecule has 0 bridgehead atoms. The van der Waals surface area contributed by atoms with Crippen LogP contribution in [0.5, 0.6) is 11.5 Å². The van der Waals surface area contributed by atoms with Crippen molar-refractivity contribution in [3.05, 3.63) is 53.9 Å². The molecular weight excluding hydrogens is 481 g/mol. The van der Waals surface area contributed by atoms with Crippen LogP contribution in [0.25, 0.3) is 0 Å². The van der Waals surface area contributed by atoms with Gasteiger partial charge in [-0.25, -0.2) is 0 Å². The Morgan fingerprint density at radius 3 is 2.61 bits per heavy atom. The van der Waals surface area contributed by atoms with Crippen molar-refractivity contribution < 1.29 is 18.3 Å². The van der Waals surface area contributed by atoms with Crippen molar-refractivity contribution >= 4 is 29.9 Å². The van der Waals surface area contributed by atoms with E-state index in [1.807, 2.05) is 25.1 Å². The molecule has 2 aromatic rings. The van der Waals surface area contributed by atoms with Crippen molar-refractivity contribution in [2.24, 2.45) is 4.99 Å². The number of guanidine groups is 1. The number of nitrogens with one attached hydrogen (secondary N) is 2. The molecule has 9 heteroatoms. The molecule has 0 aliphatic rings. The van der Waals surface area contributed by atoms with Gasteiger partial charge in [0.15, 0.2) is 5.96 Å². The molecule has 0 radical (unpaired) electrons. The Bertz CT molecular complexity index is 733. The molecule has 154 valence electrons. The van der Waals surface area contributed by atoms with E-state index in [1.54, 1.807) is 25.4 Å². The van der Waals surface area contributed by atoms with Gasteiger partial charge in [-0.2, -0.15) is 8.78 Å². The van der Waals surface area contributed by atoms with Crippen LogP contribution < -0.4 is 20.1 Å². The fourth-order valence-corrected chi connectivity index (χ4v) is 2.27. The molecule has 0 fully saturated rings. The van der Waals surface area contributed by atoms with Crippen LogP contribution in [-0.4, -0.2) is 31.2 Å². The number of hydrogen-bond acceptors (Lipinski definition) is 4. The third-order valence-corrected chi connectivity index (χ3v) is 3.56. The maximum absolute atomic E-state index is 12.7. The lowest BCUT2D eigenvalue weighted by atomic mass is 10.2. The Kier molecular flexibility index (Phi) is 11.2. The van der Waals surface area contributed by atoms with Gasteiger partial charge in [0.1, 0.15) is 11.5 Å². The third kappa shape index (κ3) is 8.24. The van der Waals surface area contributed by atoms with Gasteiger partial charge in [0.2, 0.25) is 0 Å². The quantitative estimate of drug-likeness (QED) is 0.306. The Balaban J connectivity index is 0.00000392. The first-order chi connectivity index (χ1) is 13.1. The van der Waals surface area contributed by atoms with E-state index in [2.05, 4.69) is 25.3 Å². The molecule has 0 atom stereocenters. The Labute approximate surface area is 180 Å². The number of pyridine rings is 1. The predicted molar refractivity (Wildman–Crippen MR) is 116 cm³/mol. The topological polar surface area (TPSA) is 67.8 Å². The highest BCUT2D eigenvalue weighted by molar-refractivity contribution is 14.0. The lowest BCUT2D eigenvalue weighted by molar-refractivity contribution is -0.0505. The largest absolute Gasteiger partial charge is 0.493 e. The van der Waals surface area contributed by atoms with Gasteiger partial charge >= 0.3 is 6.61 Å². The number of aromatic nitrogens is 1. The molecule has 0 unspecified atom stereocenters. The highest BCUT2D eigenvalue weighted by Crippen LogP contribution is 2.26. The number of halogens is 3. The fraction of sp³-hybridized carbons (Fsp3) is 0.368. The number of rotatable bonds is 9. The van der Waals surface area contributed by atoms with Crippen molar-refractivity contribution in [1.29, 1.82) is 0 Å². The summed E-state index contributed by atoms with van der Waals surface area (Å²) in [5, 5.41) is 6.20. The molecule has 0 amide bonds. The second-order valence-corrected chi connectivity index (χ2v) is 5.60. The van der Waals surface area contributed by atoms with Gasteiger partial charge in [0, 0.05) is 31.4 Å². The SMILES string of the molecule is CCCOc1ccc(CNC(=NC)NCc2ccccn2)c(OC(F)F)c1.I. The minimum atomic E-state index is -2.91. The third-order valence-electron chi connectivity index (χ3n) is 3.56. The molecule has 1 aromatic heterocycles. The Hall–Kier alpha value is -2.17. The zero-order chi connectivity index (χ0) is 19.5. The van der Waals surface area contributed by atoms with Gasteiger partial charge in [0.25, 0.3) is 0 Å². The molecule has 0 spiro atoms. The molecular formula is C19H25F2IN4O2. The molecule has 2 rings (SSSR count). The van der Waals surface area contributed by atoms with Crippen LogP contribution in [0.3, 0.4) is 0 Å². The summed E-state index contributed by atoms with van der Waals surface area (Å²) in [6.45, 7) is 0.323. The van der Waals surface area contributed by atoms with E-state index < -0.39 is 6.61 Å². The normalized spacial score (nSPS) is 11.0. The average molecular weight is 506 g/mol. The first kappa shape index (κ1) is 23.9. The number of aliphatic imine (C=N–C) groups is 1. The lowest BCUT2D eigenvalue weighted by Gasteiger charge is -2.15. The van der Waals surface area contributed by atoms with Crippen molar-refractivity contribution in [3.8, 4) is 11.5 Å². The van der Waals surface area contributed by atoms with Crippen LogP contribution in [0.2, 0.25) is 0 Å². The van der Waals surface area contributed by atoms with Crippen molar-refractivity contribution in [1.82, 2.24) is 15.6 Å². The van der Waals surface area contributed by atoms with E-state index in [4.69, 9.17) is 4.74 Å². The second kappa shape index (κ2) is 13.1. The summed E-state index contributed by atoms with van der Waals surface area (Å²) in [6.07, 6.45) is 2.54. The van der Waals surface area contributed by atoms with Crippen LogP contribution in [0.1, 0.15) is 24.6 Å². The maximum atomic E-state index is 12.7. The summed E-state index contributed by atoms with van der Waals surface area (Å²) in [5.74, 6) is 1.09. The molecule has 6 nitrogen and oxygen atoms in total. The van der Waals surface area contributed by atoms with Crippen molar-refractivity contribution in [2.45, 2.75) is 33.0 Å². The highest BCUT2D eigenvalue weighted by atomic mass is 127. The van der Waals surface area contributed by atoms with E-state index in [0.29, 0.717) is 30.4 Å². The predicted octanol–water partition coefficient (Wildman–Crippen LogP) is 3.96. The number of ether oxygens (including phenoxy) is 2. The number of nitrogens with zero attached hydrogens (tertiary/aromatic N) is 2. The van der Waals surface area contributed by atoms with E-state index >= 15 is 0 Å². The molecule has 28 heavy (non-hydrogen) atoms.